The van der Waals surface area contributed by atoms with Crippen molar-refractivity contribution in [2.45, 2.75) is 52.2 Å². The second kappa shape index (κ2) is 6.59. The molecule has 0 N–H and O–H groups in total. The van der Waals surface area contributed by atoms with Gasteiger partial charge in [-0.05, 0) is 51.2 Å². The van der Waals surface area contributed by atoms with Crippen molar-refractivity contribution in [2.24, 2.45) is 5.92 Å². The summed E-state index contributed by atoms with van der Waals surface area (Å²) in [5, 5.41) is 0. The van der Waals surface area contributed by atoms with Crippen LogP contribution in [0.25, 0.3) is 0 Å². The number of benzene rings is 1. The van der Waals surface area contributed by atoms with Crippen molar-refractivity contribution in [1.82, 2.24) is 4.90 Å². The lowest BCUT2D eigenvalue weighted by atomic mass is 9.95. The Bertz CT molecular complexity index is 521. The summed E-state index contributed by atoms with van der Waals surface area (Å²) in [4.78, 5) is 14.3. The predicted octanol–water partition coefficient (Wildman–Crippen LogP) is 3.88. The Morgan fingerprint density at radius 2 is 2.00 bits per heavy atom. The van der Waals surface area contributed by atoms with Gasteiger partial charge in [-0.2, -0.15) is 0 Å². The second-order valence-corrected chi connectivity index (χ2v) is 7.02. The minimum absolute atomic E-state index is 0.158. The number of carbonyl (C=O) groups is 1. The molecule has 0 aliphatic carbocycles. The molecule has 1 aromatic rings. The van der Waals surface area contributed by atoms with Gasteiger partial charge in [0.15, 0.2) is 0 Å². The zero-order chi connectivity index (χ0) is 16.3. The van der Waals surface area contributed by atoms with Gasteiger partial charge in [-0.1, -0.05) is 25.1 Å². The molecule has 1 amide bonds. The second-order valence-electron chi connectivity index (χ2n) is 7.02. The lowest BCUT2D eigenvalue weighted by Crippen LogP contribution is -2.42. The van der Waals surface area contributed by atoms with Crippen molar-refractivity contribution < 1.29 is 14.3 Å². The van der Waals surface area contributed by atoms with Crippen LogP contribution in [0.15, 0.2) is 24.3 Å². The Balaban J connectivity index is 2.14. The van der Waals surface area contributed by atoms with Gasteiger partial charge in [0, 0.05) is 12.6 Å². The number of rotatable bonds is 3. The Hall–Kier alpha value is -1.71. The molecule has 0 radical (unpaired) electrons. The Morgan fingerprint density at radius 3 is 2.64 bits per heavy atom. The molecule has 0 bridgehead atoms. The molecule has 0 saturated carbocycles. The summed E-state index contributed by atoms with van der Waals surface area (Å²) in [6.45, 7) is 8.67. The van der Waals surface area contributed by atoms with E-state index in [9.17, 15) is 4.79 Å². The molecule has 4 nitrogen and oxygen atoms in total. The summed E-state index contributed by atoms with van der Waals surface area (Å²) in [5.41, 5.74) is 0.676. The van der Waals surface area contributed by atoms with Crippen LogP contribution < -0.4 is 4.74 Å². The average molecular weight is 305 g/mol. The summed E-state index contributed by atoms with van der Waals surface area (Å²) < 4.78 is 11.0. The molecule has 1 aliphatic rings. The van der Waals surface area contributed by atoms with Crippen LogP contribution in [0, 0.1) is 5.92 Å². The molecule has 1 fully saturated rings. The Kier molecular flexibility index (Phi) is 4.99. The van der Waals surface area contributed by atoms with E-state index in [2.05, 4.69) is 13.0 Å². The van der Waals surface area contributed by atoms with Gasteiger partial charge in [0.25, 0.3) is 0 Å². The zero-order valence-electron chi connectivity index (χ0n) is 14.3. The molecular formula is C18H27NO3. The highest BCUT2D eigenvalue weighted by Crippen LogP contribution is 2.31. The first-order valence-electron chi connectivity index (χ1n) is 7.93. The number of ether oxygens (including phenoxy) is 2. The van der Waals surface area contributed by atoms with Crippen LogP contribution >= 0.6 is 0 Å². The van der Waals surface area contributed by atoms with Crippen LogP contribution in [0.2, 0.25) is 0 Å². The van der Waals surface area contributed by atoms with E-state index in [0.717, 1.165) is 30.7 Å². The van der Waals surface area contributed by atoms with Crippen molar-refractivity contribution in [3.05, 3.63) is 29.8 Å². The Morgan fingerprint density at radius 1 is 1.32 bits per heavy atom. The van der Waals surface area contributed by atoms with Crippen LogP contribution in [0.5, 0.6) is 5.75 Å². The SMILES string of the molecule is COc1ccccc1C[C@H]1[C@H](C)CCN1C(=O)OC(C)(C)C. The highest BCUT2D eigenvalue weighted by Gasteiger charge is 2.37. The van der Waals surface area contributed by atoms with Gasteiger partial charge < -0.3 is 14.4 Å². The molecule has 2 rings (SSSR count). The monoisotopic (exact) mass is 305 g/mol. The zero-order valence-corrected chi connectivity index (χ0v) is 14.3. The first-order valence-corrected chi connectivity index (χ1v) is 7.93. The molecule has 4 heteroatoms. The summed E-state index contributed by atoms with van der Waals surface area (Å²) >= 11 is 0. The van der Waals surface area contributed by atoms with E-state index < -0.39 is 5.60 Å². The van der Waals surface area contributed by atoms with Crippen molar-refractivity contribution in [2.75, 3.05) is 13.7 Å². The van der Waals surface area contributed by atoms with Gasteiger partial charge in [0.2, 0.25) is 0 Å². The van der Waals surface area contributed by atoms with Gasteiger partial charge in [-0.25, -0.2) is 4.79 Å². The van der Waals surface area contributed by atoms with E-state index in [1.54, 1.807) is 7.11 Å². The number of para-hydroxylation sites is 1. The smallest absolute Gasteiger partial charge is 0.410 e. The number of carbonyl (C=O) groups excluding carboxylic acids is 1. The minimum atomic E-state index is -0.460. The third kappa shape index (κ3) is 3.93. The normalized spacial score (nSPS) is 21.8. The van der Waals surface area contributed by atoms with E-state index in [4.69, 9.17) is 9.47 Å². The molecule has 1 saturated heterocycles. The maximum absolute atomic E-state index is 12.4. The highest BCUT2D eigenvalue weighted by molar-refractivity contribution is 5.69. The van der Waals surface area contributed by atoms with Crippen LogP contribution in [0.1, 0.15) is 39.7 Å². The van der Waals surface area contributed by atoms with E-state index in [1.165, 1.54) is 0 Å². The number of amides is 1. The standard InChI is InChI=1S/C18H27NO3/c1-13-10-11-19(17(20)22-18(2,3)4)15(13)12-14-8-6-7-9-16(14)21-5/h6-9,13,15H,10-12H2,1-5H3/t13-,15+/m1/s1. The van der Waals surface area contributed by atoms with Crippen molar-refractivity contribution in [3.63, 3.8) is 0 Å². The lowest BCUT2D eigenvalue weighted by molar-refractivity contribution is 0.0210. The van der Waals surface area contributed by atoms with Crippen LogP contribution in [0.3, 0.4) is 0 Å². The van der Waals surface area contributed by atoms with E-state index in [1.807, 2.05) is 43.9 Å². The maximum Gasteiger partial charge on any atom is 0.410 e. The van der Waals surface area contributed by atoms with Crippen molar-refractivity contribution in [3.8, 4) is 5.75 Å². The molecule has 0 aromatic heterocycles. The molecule has 22 heavy (non-hydrogen) atoms. The van der Waals surface area contributed by atoms with Crippen molar-refractivity contribution in [1.29, 1.82) is 0 Å². The molecule has 1 aromatic carbocycles. The summed E-state index contributed by atoms with van der Waals surface area (Å²) in [5.74, 6) is 1.34. The fourth-order valence-electron chi connectivity index (χ4n) is 2.96. The molecule has 0 spiro atoms. The van der Waals surface area contributed by atoms with E-state index in [0.29, 0.717) is 5.92 Å². The van der Waals surface area contributed by atoms with Crippen molar-refractivity contribution >= 4 is 6.09 Å². The maximum atomic E-state index is 12.4. The topological polar surface area (TPSA) is 38.8 Å². The summed E-state index contributed by atoms with van der Waals surface area (Å²) in [7, 11) is 1.68. The fraction of sp³-hybridized carbons (Fsp3) is 0.611. The molecule has 2 atom stereocenters. The van der Waals surface area contributed by atoms with Crippen LogP contribution in [-0.2, 0) is 11.2 Å². The number of methoxy groups -OCH3 is 1. The molecular weight excluding hydrogens is 278 g/mol. The van der Waals surface area contributed by atoms with E-state index in [-0.39, 0.29) is 12.1 Å². The van der Waals surface area contributed by atoms with Gasteiger partial charge in [-0.15, -0.1) is 0 Å². The number of nitrogens with zero attached hydrogens (tertiary/aromatic N) is 1. The minimum Gasteiger partial charge on any atom is -0.496 e. The lowest BCUT2D eigenvalue weighted by Gasteiger charge is -2.30. The molecule has 1 heterocycles. The number of likely N-dealkylation sites (tertiary alicyclic amines) is 1. The van der Waals surface area contributed by atoms with Gasteiger partial charge in [0.1, 0.15) is 11.4 Å². The molecule has 1 aliphatic heterocycles. The highest BCUT2D eigenvalue weighted by atomic mass is 16.6. The first-order chi connectivity index (χ1) is 10.3. The average Bonchev–Trinajstić information content (AvgIpc) is 2.79. The third-order valence-electron chi connectivity index (χ3n) is 4.13. The molecule has 0 unspecified atom stereocenters. The number of hydrogen-bond acceptors (Lipinski definition) is 3. The quantitative estimate of drug-likeness (QED) is 0.850. The summed E-state index contributed by atoms with van der Waals surface area (Å²) in [6, 6.07) is 8.16. The van der Waals surface area contributed by atoms with E-state index >= 15 is 0 Å². The third-order valence-corrected chi connectivity index (χ3v) is 4.13. The molecule has 122 valence electrons. The fourth-order valence-corrected chi connectivity index (χ4v) is 2.96. The van der Waals surface area contributed by atoms with Gasteiger partial charge in [-0.3, -0.25) is 0 Å². The first kappa shape index (κ1) is 16.7. The largest absolute Gasteiger partial charge is 0.496 e. The van der Waals surface area contributed by atoms with Gasteiger partial charge >= 0.3 is 6.09 Å². The summed E-state index contributed by atoms with van der Waals surface area (Å²) in [6.07, 6.45) is 1.60. The Labute approximate surface area is 133 Å². The van der Waals surface area contributed by atoms with Crippen LogP contribution in [0.4, 0.5) is 4.79 Å². The predicted molar refractivity (Wildman–Crippen MR) is 87.2 cm³/mol. The van der Waals surface area contributed by atoms with Crippen LogP contribution in [-0.4, -0.2) is 36.3 Å². The number of hydrogen-bond donors (Lipinski definition) is 0. The van der Waals surface area contributed by atoms with Gasteiger partial charge in [0.05, 0.1) is 7.11 Å².